The highest BCUT2D eigenvalue weighted by Gasteiger charge is 2.36. The molecular weight excluding hydrogens is 238 g/mol. The average molecular weight is 242 g/mol. The molecule has 0 bridgehead atoms. The van der Waals surface area contributed by atoms with Gasteiger partial charge in [-0.3, -0.25) is 4.79 Å². The monoisotopic (exact) mass is 241 g/mol. The summed E-state index contributed by atoms with van der Waals surface area (Å²) in [6.07, 6.45) is -4.85. The van der Waals surface area contributed by atoms with Gasteiger partial charge in [-0.15, -0.1) is 0 Å². The lowest BCUT2D eigenvalue weighted by atomic mass is 10.1. The van der Waals surface area contributed by atoms with E-state index in [1.54, 1.807) is 0 Å². The minimum absolute atomic E-state index is 0.505. The maximum Gasteiger partial charge on any atom is 0.417 e. The van der Waals surface area contributed by atoms with Crippen LogP contribution in [0.25, 0.3) is 0 Å². The smallest absolute Gasteiger partial charge is 0.365 e. The average Bonchev–Trinajstić information content (AvgIpc) is 2.06. The molecule has 2 N–H and O–H groups in total. The van der Waals surface area contributed by atoms with Crippen LogP contribution in [0.3, 0.4) is 0 Å². The van der Waals surface area contributed by atoms with E-state index in [9.17, 15) is 22.4 Å². The highest BCUT2D eigenvalue weighted by Crippen LogP contribution is 2.34. The van der Waals surface area contributed by atoms with Gasteiger partial charge < -0.3 is 5.73 Å². The van der Waals surface area contributed by atoms with Crippen LogP contribution >= 0.6 is 11.6 Å². The molecule has 0 radical (unpaired) electrons. The van der Waals surface area contributed by atoms with Crippen molar-refractivity contribution in [2.75, 3.05) is 0 Å². The predicted molar refractivity (Wildman–Crippen MR) is 44.9 cm³/mol. The molecule has 0 saturated heterocycles. The Morgan fingerprint density at radius 2 is 1.87 bits per heavy atom. The third-order valence-corrected chi connectivity index (χ3v) is 1.94. The molecule has 0 saturated carbocycles. The molecule has 82 valence electrons. The summed E-state index contributed by atoms with van der Waals surface area (Å²) in [5.74, 6) is -2.97. The molecule has 1 amide bonds. The van der Waals surface area contributed by atoms with Gasteiger partial charge in [0.15, 0.2) is 5.82 Å². The number of carbonyl (C=O) groups excluding carboxylic acids is 1. The van der Waals surface area contributed by atoms with Crippen molar-refractivity contribution in [3.05, 3.63) is 34.1 Å². The molecule has 7 heteroatoms. The number of benzene rings is 1. The van der Waals surface area contributed by atoms with Crippen LogP contribution in [-0.2, 0) is 6.18 Å². The summed E-state index contributed by atoms with van der Waals surface area (Å²) in [5.41, 5.74) is 1.97. The number of halogens is 5. The van der Waals surface area contributed by atoms with Gasteiger partial charge in [-0.25, -0.2) is 4.39 Å². The van der Waals surface area contributed by atoms with Gasteiger partial charge in [0.2, 0.25) is 0 Å². The third kappa shape index (κ3) is 2.20. The van der Waals surface area contributed by atoms with Crippen molar-refractivity contribution < 1.29 is 22.4 Å². The van der Waals surface area contributed by atoms with Gasteiger partial charge in [0.1, 0.15) is 0 Å². The molecule has 2 nitrogen and oxygen atoms in total. The van der Waals surface area contributed by atoms with Gasteiger partial charge >= 0.3 is 6.18 Å². The highest BCUT2D eigenvalue weighted by atomic mass is 35.5. The lowest BCUT2D eigenvalue weighted by Gasteiger charge is -2.11. The Morgan fingerprint density at radius 3 is 2.27 bits per heavy atom. The van der Waals surface area contributed by atoms with Crippen LogP contribution in [0, 0.1) is 5.82 Å². The van der Waals surface area contributed by atoms with Crippen LogP contribution in [0.4, 0.5) is 17.6 Å². The topological polar surface area (TPSA) is 43.1 Å². The molecule has 0 aliphatic heterocycles. The SMILES string of the molecule is NC(=O)c1c(C(F)(F)F)ccc(Cl)c1F. The van der Waals surface area contributed by atoms with Crippen molar-refractivity contribution in [2.24, 2.45) is 5.73 Å². The quantitative estimate of drug-likeness (QED) is 0.755. The molecule has 0 spiro atoms. The fraction of sp³-hybridized carbons (Fsp3) is 0.125. The minimum Gasteiger partial charge on any atom is -0.365 e. The minimum atomic E-state index is -4.85. The number of nitrogens with two attached hydrogens (primary N) is 1. The molecule has 1 aromatic carbocycles. The normalized spacial score (nSPS) is 11.5. The number of rotatable bonds is 1. The summed E-state index contributed by atoms with van der Waals surface area (Å²) in [5, 5.41) is -0.586. The lowest BCUT2D eigenvalue weighted by Crippen LogP contribution is -2.20. The largest absolute Gasteiger partial charge is 0.417 e. The molecule has 0 heterocycles. The fourth-order valence-corrected chi connectivity index (χ4v) is 1.19. The Balaban J connectivity index is 3.55. The molecule has 1 rings (SSSR count). The first-order valence-electron chi connectivity index (χ1n) is 3.60. The predicted octanol–water partition coefficient (Wildman–Crippen LogP) is 2.60. The number of alkyl halides is 3. The van der Waals surface area contributed by atoms with Gasteiger partial charge in [-0.1, -0.05) is 11.6 Å². The first-order chi connectivity index (χ1) is 6.75. The van der Waals surface area contributed by atoms with E-state index in [-0.39, 0.29) is 0 Å². The van der Waals surface area contributed by atoms with Crippen molar-refractivity contribution in [1.29, 1.82) is 0 Å². The maximum atomic E-state index is 13.1. The molecule has 15 heavy (non-hydrogen) atoms. The number of amides is 1. The highest BCUT2D eigenvalue weighted by molar-refractivity contribution is 6.31. The zero-order valence-electron chi connectivity index (χ0n) is 7.03. The summed E-state index contributed by atoms with van der Waals surface area (Å²) in [6.45, 7) is 0. The summed E-state index contributed by atoms with van der Waals surface area (Å²) in [4.78, 5) is 10.7. The van der Waals surface area contributed by atoms with Crippen molar-refractivity contribution in [1.82, 2.24) is 0 Å². The van der Waals surface area contributed by atoms with E-state index in [0.29, 0.717) is 12.1 Å². The molecule has 0 atom stereocenters. The van der Waals surface area contributed by atoms with Gasteiger partial charge in [0, 0.05) is 0 Å². The van der Waals surface area contributed by atoms with Crippen LogP contribution in [0.15, 0.2) is 12.1 Å². The Hall–Kier alpha value is -1.30. The molecular formula is C8H4ClF4NO. The number of primary amides is 1. The number of hydrogen-bond donors (Lipinski definition) is 1. The first kappa shape index (κ1) is 11.8. The molecule has 1 aromatic rings. The zero-order valence-corrected chi connectivity index (χ0v) is 7.79. The molecule has 0 aromatic heterocycles. The zero-order chi connectivity index (χ0) is 11.8. The summed E-state index contributed by atoms with van der Waals surface area (Å²) < 4.78 is 50.0. The Morgan fingerprint density at radius 1 is 1.33 bits per heavy atom. The summed E-state index contributed by atoms with van der Waals surface area (Å²) in [7, 11) is 0. The molecule has 0 fully saturated rings. The summed E-state index contributed by atoms with van der Waals surface area (Å²) in [6, 6.07) is 1.22. The second-order valence-electron chi connectivity index (χ2n) is 2.65. The van der Waals surface area contributed by atoms with Crippen LogP contribution in [0.2, 0.25) is 5.02 Å². The van der Waals surface area contributed by atoms with Crippen molar-refractivity contribution in [3.63, 3.8) is 0 Å². The van der Waals surface area contributed by atoms with E-state index in [2.05, 4.69) is 5.73 Å². The van der Waals surface area contributed by atoms with Crippen LogP contribution < -0.4 is 5.73 Å². The van der Waals surface area contributed by atoms with E-state index in [0.717, 1.165) is 0 Å². The Kier molecular flexibility index (Phi) is 2.90. The van der Waals surface area contributed by atoms with Crippen LogP contribution in [-0.4, -0.2) is 5.91 Å². The third-order valence-electron chi connectivity index (χ3n) is 1.65. The second kappa shape index (κ2) is 3.69. The van der Waals surface area contributed by atoms with E-state index >= 15 is 0 Å². The van der Waals surface area contributed by atoms with Crippen molar-refractivity contribution >= 4 is 17.5 Å². The van der Waals surface area contributed by atoms with E-state index < -0.39 is 34.1 Å². The molecule has 0 unspecified atom stereocenters. The van der Waals surface area contributed by atoms with Gasteiger partial charge in [0.05, 0.1) is 16.1 Å². The van der Waals surface area contributed by atoms with Gasteiger partial charge in [-0.2, -0.15) is 13.2 Å². The fourth-order valence-electron chi connectivity index (χ4n) is 1.03. The molecule has 0 aliphatic carbocycles. The Labute approximate surface area is 86.6 Å². The lowest BCUT2D eigenvalue weighted by molar-refractivity contribution is -0.138. The van der Waals surface area contributed by atoms with Gasteiger partial charge in [-0.05, 0) is 12.1 Å². The van der Waals surface area contributed by atoms with Crippen molar-refractivity contribution in [3.8, 4) is 0 Å². The van der Waals surface area contributed by atoms with Crippen LogP contribution in [0.1, 0.15) is 15.9 Å². The molecule has 0 aliphatic rings. The first-order valence-corrected chi connectivity index (χ1v) is 3.98. The Bertz CT molecular complexity index is 416. The van der Waals surface area contributed by atoms with Gasteiger partial charge in [0.25, 0.3) is 5.91 Å². The maximum absolute atomic E-state index is 13.1. The van der Waals surface area contributed by atoms with E-state index in [4.69, 9.17) is 11.6 Å². The standard InChI is InChI=1S/C8H4ClF4NO/c9-4-2-1-3(8(11,12)13)5(6(4)10)7(14)15/h1-2H,(H2,14,15). The van der Waals surface area contributed by atoms with Crippen molar-refractivity contribution in [2.45, 2.75) is 6.18 Å². The van der Waals surface area contributed by atoms with E-state index in [1.807, 2.05) is 0 Å². The van der Waals surface area contributed by atoms with Crippen LogP contribution in [0.5, 0.6) is 0 Å². The second-order valence-corrected chi connectivity index (χ2v) is 3.05. The van der Waals surface area contributed by atoms with E-state index in [1.165, 1.54) is 0 Å². The number of carbonyl (C=O) groups is 1. The summed E-state index contributed by atoms with van der Waals surface area (Å²) >= 11 is 5.23. The number of hydrogen-bond acceptors (Lipinski definition) is 1.